The van der Waals surface area contributed by atoms with Crippen molar-refractivity contribution in [2.45, 2.75) is 47.0 Å². The molecule has 0 spiro atoms. The molecule has 1 nitrogen and oxygen atoms in total. The Morgan fingerprint density at radius 2 is 2.13 bits per heavy atom. The molecule has 1 aliphatic carbocycles. The number of hydrogen-bond donors (Lipinski definition) is 1. The van der Waals surface area contributed by atoms with Crippen LogP contribution in [0.4, 0.5) is 0 Å². The Labute approximate surface area is 95.0 Å². The molecule has 86 valence electrons. The molecule has 0 aliphatic heterocycles. The van der Waals surface area contributed by atoms with Gasteiger partial charge in [0.25, 0.3) is 0 Å². The molecule has 1 atom stereocenters. The molecular weight excluding hydrogens is 182 g/mol. The van der Waals surface area contributed by atoms with E-state index in [1.807, 2.05) is 13.8 Å². The van der Waals surface area contributed by atoms with Crippen molar-refractivity contribution < 1.29 is 0 Å². The fraction of sp³-hybridized carbons (Fsp3) is 0.571. The highest BCUT2D eigenvalue weighted by Crippen LogP contribution is 2.07. The molecule has 1 aliphatic rings. The first kappa shape index (κ1) is 14.0. The minimum atomic E-state index is 0.667. The highest BCUT2D eigenvalue weighted by molar-refractivity contribution is 5.21. The molecule has 0 saturated carbocycles. The van der Waals surface area contributed by atoms with Crippen LogP contribution in [0.1, 0.15) is 47.0 Å². The van der Waals surface area contributed by atoms with E-state index in [2.05, 4.69) is 49.7 Å². The molecule has 1 rings (SSSR count). The van der Waals surface area contributed by atoms with Crippen LogP contribution in [0, 0.1) is 5.92 Å². The Bertz CT molecular complexity index is 223. The predicted octanol–water partition coefficient (Wildman–Crippen LogP) is 4.40. The lowest BCUT2D eigenvalue weighted by atomic mass is 10.1. The average Bonchev–Trinajstić information content (AvgIpc) is 2.33. The summed E-state index contributed by atoms with van der Waals surface area (Å²) in [4.78, 5) is 0. The van der Waals surface area contributed by atoms with Crippen molar-refractivity contribution in [2.75, 3.05) is 0 Å². The topological polar surface area (TPSA) is 12.0 Å². The van der Waals surface area contributed by atoms with Crippen LogP contribution >= 0.6 is 0 Å². The van der Waals surface area contributed by atoms with E-state index in [0.717, 1.165) is 6.42 Å². The predicted molar refractivity (Wildman–Crippen MR) is 69.5 cm³/mol. The molecule has 0 unspecified atom stereocenters. The molecule has 0 aromatic rings. The van der Waals surface area contributed by atoms with Gasteiger partial charge in [-0.05, 0) is 31.0 Å². The first-order valence-corrected chi connectivity index (χ1v) is 6.13. The van der Waals surface area contributed by atoms with Crippen molar-refractivity contribution in [1.82, 2.24) is 5.32 Å². The second kappa shape index (κ2) is 9.57. The molecule has 1 heteroatoms. The van der Waals surface area contributed by atoms with Crippen LogP contribution in [0.5, 0.6) is 0 Å². The first-order valence-electron chi connectivity index (χ1n) is 6.13. The Balaban J connectivity index is 0.000000921. The van der Waals surface area contributed by atoms with E-state index in [4.69, 9.17) is 0 Å². The molecule has 0 amide bonds. The fourth-order valence-corrected chi connectivity index (χ4v) is 1.17. The monoisotopic (exact) mass is 207 g/mol. The molecule has 0 fully saturated rings. The van der Waals surface area contributed by atoms with Crippen LogP contribution in [0.2, 0.25) is 0 Å². The minimum absolute atomic E-state index is 0.667. The summed E-state index contributed by atoms with van der Waals surface area (Å²) in [5.41, 5.74) is 1.23. The molecule has 0 saturated heterocycles. The Hall–Kier alpha value is -0.980. The molecule has 0 heterocycles. The van der Waals surface area contributed by atoms with Crippen molar-refractivity contribution in [1.29, 1.82) is 0 Å². The summed E-state index contributed by atoms with van der Waals surface area (Å²) in [7, 11) is 0. The van der Waals surface area contributed by atoms with Crippen molar-refractivity contribution >= 4 is 0 Å². The van der Waals surface area contributed by atoms with Gasteiger partial charge in [-0.15, -0.1) is 0 Å². The fourth-order valence-electron chi connectivity index (χ4n) is 1.17. The van der Waals surface area contributed by atoms with Gasteiger partial charge < -0.3 is 5.32 Å². The van der Waals surface area contributed by atoms with Crippen molar-refractivity contribution in [3.63, 3.8) is 0 Å². The maximum absolute atomic E-state index is 3.28. The van der Waals surface area contributed by atoms with Gasteiger partial charge in [-0.2, -0.15) is 0 Å². The second-order valence-corrected chi connectivity index (χ2v) is 3.53. The first-order chi connectivity index (χ1) is 7.33. The third-order valence-corrected chi connectivity index (χ3v) is 2.31. The largest absolute Gasteiger partial charge is 0.362 e. The normalized spacial score (nSPS) is 16.7. The van der Waals surface area contributed by atoms with Gasteiger partial charge in [-0.1, -0.05) is 52.3 Å². The van der Waals surface area contributed by atoms with E-state index in [0.29, 0.717) is 5.92 Å². The van der Waals surface area contributed by atoms with Gasteiger partial charge >= 0.3 is 0 Å². The van der Waals surface area contributed by atoms with Gasteiger partial charge in [-0.25, -0.2) is 0 Å². The summed E-state index contributed by atoms with van der Waals surface area (Å²) < 4.78 is 0. The van der Waals surface area contributed by atoms with E-state index < -0.39 is 0 Å². The maximum Gasteiger partial charge on any atom is 0.0335 e. The van der Waals surface area contributed by atoms with Crippen LogP contribution in [0.3, 0.4) is 0 Å². The van der Waals surface area contributed by atoms with Gasteiger partial charge in [0.2, 0.25) is 0 Å². The summed E-state index contributed by atoms with van der Waals surface area (Å²) >= 11 is 0. The van der Waals surface area contributed by atoms with Crippen molar-refractivity contribution in [3.05, 3.63) is 36.2 Å². The minimum Gasteiger partial charge on any atom is -0.362 e. The van der Waals surface area contributed by atoms with Gasteiger partial charge in [0, 0.05) is 5.70 Å². The van der Waals surface area contributed by atoms with Crippen LogP contribution in [-0.4, -0.2) is 0 Å². The number of hydrogen-bond acceptors (Lipinski definition) is 1. The number of nitrogens with one attached hydrogen (secondary N) is 1. The molecule has 0 radical (unpaired) electrons. The standard InChI is InChI=1S/C12H19N.C2H6/c1-3-11(2)9-10-13-12-7-5-4-6-8-12;1-2/h5,7-11,13H,3-4,6H2,1-2H3;1-2H3/b10-9-;/t11-;/m0./s1. The van der Waals surface area contributed by atoms with Crippen LogP contribution in [-0.2, 0) is 0 Å². The van der Waals surface area contributed by atoms with E-state index in [9.17, 15) is 0 Å². The molecular formula is C14H25N. The SMILES string of the molecule is CC.CC[C@H](C)/C=C\NC1=CCCC=C1. The van der Waals surface area contributed by atoms with E-state index >= 15 is 0 Å². The summed E-state index contributed by atoms with van der Waals surface area (Å²) in [5.74, 6) is 0.667. The summed E-state index contributed by atoms with van der Waals surface area (Å²) in [6.07, 6.45) is 14.4. The maximum atomic E-state index is 3.28. The van der Waals surface area contributed by atoms with Crippen LogP contribution in [0.25, 0.3) is 0 Å². The van der Waals surface area contributed by atoms with Crippen molar-refractivity contribution in [3.8, 4) is 0 Å². The van der Waals surface area contributed by atoms with Crippen LogP contribution < -0.4 is 5.32 Å². The summed E-state index contributed by atoms with van der Waals surface area (Å²) in [5, 5.41) is 3.28. The number of rotatable bonds is 4. The van der Waals surface area contributed by atoms with E-state index in [1.165, 1.54) is 18.5 Å². The zero-order chi connectivity index (χ0) is 11.5. The Kier molecular flexibility index (Phi) is 8.95. The molecule has 1 N–H and O–H groups in total. The van der Waals surface area contributed by atoms with Crippen molar-refractivity contribution in [2.24, 2.45) is 5.92 Å². The lowest BCUT2D eigenvalue weighted by Crippen LogP contribution is -2.04. The van der Waals surface area contributed by atoms with Gasteiger partial charge in [0.15, 0.2) is 0 Å². The van der Waals surface area contributed by atoms with Gasteiger partial charge in [0.05, 0.1) is 0 Å². The molecule has 0 aromatic carbocycles. The smallest absolute Gasteiger partial charge is 0.0335 e. The Morgan fingerprint density at radius 1 is 1.40 bits per heavy atom. The second-order valence-electron chi connectivity index (χ2n) is 3.53. The molecule has 15 heavy (non-hydrogen) atoms. The van der Waals surface area contributed by atoms with E-state index in [1.54, 1.807) is 0 Å². The average molecular weight is 207 g/mol. The lowest BCUT2D eigenvalue weighted by Gasteiger charge is -2.06. The third kappa shape index (κ3) is 7.01. The van der Waals surface area contributed by atoms with Crippen LogP contribution in [0.15, 0.2) is 36.2 Å². The Morgan fingerprint density at radius 3 is 2.67 bits per heavy atom. The lowest BCUT2D eigenvalue weighted by molar-refractivity contribution is 0.694. The highest BCUT2D eigenvalue weighted by Gasteiger charge is 1.94. The zero-order valence-electron chi connectivity index (χ0n) is 10.6. The molecule has 0 bridgehead atoms. The summed E-state index contributed by atoms with van der Waals surface area (Å²) in [6, 6.07) is 0. The van der Waals surface area contributed by atoms with E-state index in [-0.39, 0.29) is 0 Å². The van der Waals surface area contributed by atoms with Gasteiger partial charge in [0.1, 0.15) is 0 Å². The third-order valence-electron chi connectivity index (χ3n) is 2.31. The highest BCUT2D eigenvalue weighted by atomic mass is 14.8. The van der Waals surface area contributed by atoms with Gasteiger partial charge in [-0.3, -0.25) is 0 Å². The molecule has 0 aromatic heterocycles. The quantitative estimate of drug-likeness (QED) is 0.720. The zero-order valence-corrected chi connectivity index (χ0v) is 10.6. The number of allylic oxidation sites excluding steroid dienone is 4. The summed E-state index contributed by atoms with van der Waals surface area (Å²) in [6.45, 7) is 8.43.